The van der Waals surface area contributed by atoms with Crippen LogP contribution in [0.1, 0.15) is 16.1 Å². The van der Waals surface area contributed by atoms with Gasteiger partial charge in [-0.2, -0.15) is 13.2 Å². The number of carbonyl (C=O) groups excluding carboxylic acids is 1. The van der Waals surface area contributed by atoms with E-state index in [4.69, 9.17) is 0 Å². The molecule has 0 unspecified atom stereocenters. The van der Waals surface area contributed by atoms with Crippen molar-refractivity contribution in [2.45, 2.75) is 12.7 Å². The SMILES string of the molecule is O=C1NCCn2c1cc1cc(C(F)(F)F)ccc12. The van der Waals surface area contributed by atoms with E-state index in [0.29, 0.717) is 29.7 Å². The highest BCUT2D eigenvalue weighted by molar-refractivity contribution is 5.99. The molecular weight excluding hydrogens is 245 g/mol. The molecule has 94 valence electrons. The first-order valence-electron chi connectivity index (χ1n) is 5.45. The number of carbonyl (C=O) groups is 1. The first-order chi connectivity index (χ1) is 8.47. The molecule has 6 heteroatoms. The molecule has 0 spiro atoms. The van der Waals surface area contributed by atoms with Crippen molar-refractivity contribution in [3.63, 3.8) is 0 Å². The third kappa shape index (κ3) is 1.56. The molecule has 0 aliphatic carbocycles. The van der Waals surface area contributed by atoms with Gasteiger partial charge in [0.05, 0.1) is 5.56 Å². The number of hydrogen-bond acceptors (Lipinski definition) is 1. The summed E-state index contributed by atoms with van der Waals surface area (Å²) in [6.07, 6.45) is -4.36. The van der Waals surface area contributed by atoms with Gasteiger partial charge in [0.1, 0.15) is 5.69 Å². The Bertz CT molecular complexity index is 643. The van der Waals surface area contributed by atoms with E-state index >= 15 is 0 Å². The van der Waals surface area contributed by atoms with Crippen molar-refractivity contribution >= 4 is 16.8 Å². The summed E-state index contributed by atoms with van der Waals surface area (Å²) in [6.45, 7) is 1.08. The summed E-state index contributed by atoms with van der Waals surface area (Å²) >= 11 is 0. The van der Waals surface area contributed by atoms with E-state index in [9.17, 15) is 18.0 Å². The summed E-state index contributed by atoms with van der Waals surface area (Å²) in [5.74, 6) is -0.244. The molecule has 1 aliphatic heterocycles. The molecule has 1 aliphatic rings. The van der Waals surface area contributed by atoms with Gasteiger partial charge in [-0.05, 0) is 24.3 Å². The van der Waals surface area contributed by atoms with Crippen LogP contribution in [0.5, 0.6) is 0 Å². The maximum absolute atomic E-state index is 12.6. The molecule has 18 heavy (non-hydrogen) atoms. The zero-order valence-corrected chi connectivity index (χ0v) is 9.21. The van der Waals surface area contributed by atoms with E-state index in [1.165, 1.54) is 12.1 Å². The molecule has 1 aromatic heterocycles. The average molecular weight is 254 g/mol. The van der Waals surface area contributed by atoms with Crippen LogP contribution >= 0.6 is 0 Å². The molecular formula is C12H9F3N2O. The van der Waals surface area contributed by atoms with Crippen LogP contribution in [0.4, 0.5) is 13.2 Å². The zero-order valence-electron chi connectivity index (χ0n) is 9.21. The number of halogens is 3. The number of nitrogens with one attached hydrogen (secondary N) is 1. The third-order valence-electron chi connectivity index (χ3n) is 3.08. The quantitative estimate of drug-likeness (QED) is 0.769. The number of rotatable bonds is 0. The monoisotopic (exact) mass is 254 g/mol. The minimum Gasteiger partial charge on any atom is -0.349 e. The van der Waals surface area contributed by atoms with Crippen LogP contribution in [-0.2, 0) is 12.7 Å². The second kappa shape index (κ2) is 3.51. The number of benzene rings is 1. The Morgan fingerprint density at radius 2 is 2.00 bits per heavy atom. The predicted molar refractivity (Wildman–Crippen MR) is 59.3 cm³/mol. The zero-order chi connectivity index (χ0) is 12.9. The van der Waals surface area contributed by atoms with Gasteiger partial charge in [-0.3, -0.25) is 4.79 Å². The predicted octanol–water partition coefficient (Wildman–Crippen LogP) is 2.40. The van der Waals surface area contributed by atoms with Crippen molar-refractivity contribution in [2.75, 3.05) is 6.54 Å². The summed E-state index contributed by atoms with van der Waals surface area (Å²) in [7, 11) is 0. The number of fused-ring (bicyclic) bond motifs is 3. The van der Waals surface area contributed by atoms with Crippen LogP contribution < -0.4 is 5.32 Å². The number of amides is 1. The van der Waals surface area contributed by atoms with Gasteiger partial charge in [-0.1, -0.05) is 0 Å². The van der Waals surface area contributed by atoms with Gasteiger partial charge in [0.25, 0.3) is 5.91 Å². The largest absolute Gasteiger partial charge is 0.416 e. The molecule has 0 saturated heterocycles. The number of hydrogen-bond donors (Lipinski definition) is 1. The van der Waals surface area contributed by atoms with E-state index in [-0.39, 0.29) is 5.91 Å². The van der Waals surface area contributed by atoms with Crippen LogP contribution in [-0.4, -0.2) is 17.0 Å². The molecule has 2 aromatic rings. The smallest absolute Gasteiger partial charge is 0.349 e. The van der Waals surface area contributed by atoms with Gasteiger partial charge < -0.3 is 9.88 Å². The second-order valence-electron chi connectivity index (χ2n) is 4.21. The van der Waals surface area contributed by atoms with Crippen molar-refractivity contribution in [1.82, 2.24) is 9.88 Å². The van der Waals surface area contributed by atoms with Crippen LogP contribution in [0.25, 0.3) is 10.9 Å². The van der Waals surface area contributed by atoms with Crippen molar-refractivity contribution in [3.8, 4) is 0 Å². The third-order valence-corrected chi connectivity index (χ3v) is 3.08. The van der Waals surface area contributed by atoms with Crippen LogP contribution in [0.3, 0.4) is 0 Å². The molecule has 0 radical (unpaired) electrons. The lowest BCUT2D eigenvalue weighted by atomic mass is 10.1. The summed E-state index contributed by atoms with van der Waals surface area (Å²) in [6, 6.07) is 5.04. The molecule has 3 nitrogen and oxygen atoms in total. The van der Waals surface area contributed by atoms with Crippen molar-refractivity contribution in [3.05, 3.63) is 35.5 Å². The number of nitrogens with zero attached hydrogens (tertiary/aromatic N) is 1. The van der Waals surface area contributed by atoms with Gasteiger partial charge in [-0.25, -0.2) is 0 Å². The Morgan fingerprint density at radius 3 is 2.72 bits per heavy atom. The van der Waals surface area contributed by atoms with Gasteiger partial charge in [0.15, 0.2) is 0 Å². The number of alkyl halides is 3. The Hall–Kier alpha value is -1.98. The Balaban J connectivity index is 2.22. The Labute approximate surface area is 100 Å². The molecule has 0 saturated carbocycles. The fraction of sp³-hybridized carbons (Fsp3) is 0.250. The molecule has 1 amide bonds. The first-order valence-corrected chi connectivity index (χ1v) is 5.45. The molecule has 0 fully saturated rings. The van der Waals surface area contributed by atoms with Crippen LogP contribution in [0, 0.1) is 0 Å². The lowest BCUT2D eigenvalue weighted by Gasteiger charge is -2.16. The maximum Gasteiger partial charge on any atom is 0.416 e. The second-order valence-corrected chi connectivity index (χ2v) is 4.21. The highest BCUT2D eigenvalue weighted by Gasteiger charge is 2.31. The van der Waals surface area contributed by atoms with E-state index in [0.717, 1.165) is 12.1 Å². The highest BCUT2D eigenvalue weighted by atomic mass is 19.4. The first kappa shape index (κ1) is 11.1. The minimum atomic E-state index is -4.36. The molecule has 0 atom stereocenters. The van der Waals surface area contributed by atoms with Crippen LogP contribution in [0.2, 0.25) is 0 Å². The Kier molecular flexibility index (Phi) is 2.17. The van der Waals surface area contributed by atoms with Gasteiger partial charge in [0, 0.05) is 24.0 Å². The summed E-state index contributed by atoms with van der Waals surface area (Å²) in [5.41, 5.74) is 0.377. The van der Waals surface area contributed by atoms with E-state index < -0.39 is 11.7 Å². The average Bonchev–Trinajstić information content (AvgIpc) is 2.67. The Morgan fingerprint density at radius 1 is 1.22 bits per heavy atom. The van der Waals surface area contributed by atoms with E-state index in [2.05, 4.69) is 5.32 Å². The van der Waals surface area contributed by atoms with Crippen molar-refractivity contribution in [2.24, 2.45) is 0 Å². The van der Waals surface area contributed by atoms with Crippen molar-refractivity contribution in [1.29, 1.82) is 0 Å². The van der Waals surface area contributed by atoms with Crippen molar-refractivity contribution < 1.29 is 18.0 Å². The van der Waals surface area contributed by atoms with Gasteiger partial charge >= 0.3 is 6.18 Å². The molecule has 3 rings (SSSR count). The summed E-state index contributed by atoms with van der Waals surface area (Å²) < 4.78 is 39.5. The lowest BCUT2D eigenvalue weighted by molar-refractivity contribution is -0.137. The van der Waals surface area contributed by atoms with Gasteiger partial charge in [0.2, 0.25) is 0 Å². The molecule has 0 bridgehead atoms. The molecule has 1 aromatic carbocycles. The van der Waals surface area contributed by atoms with Gasteiger partial charge in [-0.15, -0.1) is 0 Å². The topological polar surface area (TPSA) is 34.0 Å². The van der Waals surface area contributed by atoms with E-state index in [1.54, 1.807) is 4.57 Å². The molecule has 1 N–H and O–H groups in total. The fourth-order valence-corrected chi connectivity index (χ4v) is 2.25. The molecule has 2 heterocycles. The highest BCUT2D eigenvalue weighted by Crippen LogP contribution is 2.32. The lowest BCUT2D eigenvalue weighted by Crippen LogP contribution is -2.34. The maximum atomic E-state index is 12.6. The number of aromatic nitrogens is 1. The standard InChI is InChI=1S/C12H9F3N2O/c13-12(14,15)8-1-2-9-7(5-8)6-10-11(18)16-3-4-17(9)10/h1-2,5-6H,3-4H2,(H,16,18). The van der Waals surface area contributed by atoms with Crippen LogP contribution in [0.15, 0.2) is 24.3 Å². The fourth-order valence-electron chi connectivity index (χ4n) is 2.25. The summed E-state index contributed by atoms with van der Waals surface area (Å²) in [5, 5.41) is 3.10. The summed E-state index contributed by atoms with van der Waals surface area (Å²) in [4.78, 5) is 11.6. The minimum absolute atomic E-state index is 0.244. The normalized spacial score (nSPS) is 15.6. The van der Waals surface area contributed by atoms with E-state index in [1.807, 2.05) is 0 Å².